The summed E-state index contributed by atoms with van der Waals surface area (Å²) in [6, 6.07) is 15.3. The number of nitrogens with one attached hydrogen (secondary N) is 5. The maximum Gasteiger partial charge on any atom is 0.335 e. The maximum absolute atomic E-state index is 14.7. The number of carbonyl (C=O) groups is 4. The van der Waals surface area contributed by atoms with E-state index in [1.54, 1.807) is 18.2 Å². The van der Waals surface area contributed by atoms with Crippen LogP contribution in [0.2, 0.25) is 23.2 Å². The second kappa shape index (κ2) is 24.1. The van der Waals surface area contributed by atoms with Crippen LogP contribution in [-0.4, -0.2) is 67.3 Å². The zero-order valence-electron chi connectivity index (χ0n) is 38.8. The van der Waals surface area contributed by atoms with Crippen LogP contribution in [0.5, 0.6) is 11.5 Å². The number of amides is 5. The van der Waals surface area contributed by atoms with Gasteiger partial charge in [-0.2, -0.15) is 16.9 Å². The van der Waals surface area contributed by atoms with Crippen molar-refractivity contribution in [2.45, 2.75) is 130 Å². The molecule has 64 heavy (non-hydrogen) atoms. The summed E-state index contributed by atoms with van der Waals surface area (Å²) in [5.74, 6) is -0.530. The van der Waals surface area contributed by atoms with Crippen LogP contribution >= 0.6 is 23.4 Å². The van der Waals surface area contributed by atoms with E-state index in [1.807, 2.05) is 52.0 Å². The van der Waals surface area contributed by atoms with Crippen molar-refractivity contribution in [3.63, 3.8) is 0 Å². The van der Waals surface area contributed by atoms with Gasteiger partial charge in [0.1, 0.15) is 23.4 Å². The third kappa shape index (κ3) is 15.8. The van der Waals surface area contributed by atoms with Gasteiger partial charge in [-0.3, -0.25) is 14.4 Å². The molecule has 1 saturated carbocycles. The second-order valence-corrected chi connectivity index (χ2v) is 24.7. The molecule has 1 fully saturated rings. The number of hydrogen-bond acceptors (Lipinski definition) is 8. The molecule has 0 aromatic heterocycles. The molecule has 0 spiro atoms. The van der Waals surface area contributed by atoms with Crippen molar-refractivity contribution in [2.75, 3.05) is 12.3 Å². The first-order valence-electron chi connectivity index (χ1n) is 22.2. The molecule has 16 heteroatoms. The van der Waals surface area contributed by atoms with Crippen LogP contribution in [0, 0.1) is 30.5 Å². The number of nitrogens with zero attached hydrogens (tertiary/aromatic N) is 1. The number of hydrogen-bond donors (Lipinski definition) is 6. The van der Waals surface area contributed by atoms with Crippen molar-refractivity contribution < 1.29 is 33.1 Å². The number of phenols is 1. The first-order chi connectivity index (χ1) is 30.2. The minimum atomic E-state index is -2.19. The lowest BCUT2D eigenvalue weighted by molar-refractivity contribution is -0.130. The van der Waals surface area contributed by atoms with Crippen LogP contribution in [0.1, 0.15) is 95.9 Å². The van der Waals surface area contributed by atoms with Crippen molar-refractivity contribution in [1.29, 1.82) is 0 Å². The maximum atomic E-state index is 14.7. The Morgan fingerprint density at radius 2 is 1.67 bits per heavy atom. The Labute approximate surface area is 389 Å². The fourth-order valence-electron chi connectivity index (χ4n) is 7.04. The molecular formula is C48H68ClFN6O6SSi. The second-order valence-electron chi connectivity index (χ2n) is 18.6. The molecule has 1 aliphatic rings. The van der Waals surface area contributed by atoms with Crippen molar-refractivity contribution >= 4 is 61.1 Å². The van der Waals surface area contributed by atoms with Crippen molar-refractivity contribution in [1.82, 2.24) is 26.7 Å². The van der Waals surface area contributed by atoms with Crippen LogP contribution < -0.4 is 31.1 Å². The van der Waals surface area contributed by atoms with Gasteiger partial charge in [0.05, 0.1) is 18.2 Å². The van der Waals surface area contributed by atoms with Gasteiger partial charge in [0.15, 0.2) is 0 Å². The third-order valence-corrected chi connectivity index (χ3v) is 17.9. The summed E-state index contributed by atoms with van der Waals surface area (Å²) in [6.07, 6.45) is 3.27. The first kappa shape index (κ1) is 52.0. The Kier molecular flexibility index (Phi) is 19.6. The van der Waals surface area contributed by atoms with E-state index < -0.39 is 44.1 Å². The molecule has 3 aromatic rings. The monoisotopic (exact) mass is 938 g/mol. The Morgan fingerprint density at radius 1 is 0.984 bits per heavy atom. The zero-order valence-corrected chi connectivity index (χ0v) is 41.4. The lowest BCUT2D eigenvalue weighted by Gasteiger charge is -2.36. The highest BCUT2D eigenvalue weighted by atomic mass is 35.5. The van der Waals surface area contributed by atoms with Gasteiger partial charge >= 0.3 is 6.03 Å². The van der Waals surface area contributed by atoms with Gasteiger partial charge in [-0.1, -0.05) is 89.0 Å². The topological polar surface area (TPSA) is 170 Å². The molecule has 2 atom stereocenters. The number of hydrazone groups is 1. The standard InChI is InChI=1S/C48H68ClFN6O6SSi/c1-10-40(53-46(60)44(30(2)3)54-43(58)25-35-24-36(22-23-42(35)57)62-64(8,9)48(5,6)7)41(29-63-28-37-38(49)12-11-13-39(37)50)55-56-47(61)52-27-33-18-20-34(21-19-33)45(59)51-26-32-16-14-31(4)15-17-32/h11-17,22-24,30,33-34,40,44,57H,10,18-21,25-29H2,1-9H3,(H,51,59)(H,53,60)(H,54,58)(H2,52,56,61)/b55-41+/t33?,34?,40-,44-/m0/s1. The number of benzene rings is 3. The van der Waals surface area contributed by atoms with Crippen LogP contribution in [0.3, 0.4) is 0 Å². The number of thioether (sulfide) groups is 1. The number of rotatable bonds is 20. The summed E-state index contributed by atoms with van der Waals surface area (Å²) in [6.45, 7) is 19.0. The Hall–Kier alpha value is -4.60. The lowest BCUT2D eigenvalue weighted by Crippen LogP contribution is -2.54. The van der Waals surface area contributed by atoms with Gasteiger partial charge in [0.2, 0.25) is 26.0 Å². The molecule has 3 aromatic carbocycles. The van der Waals surface area contributed by atoms with Gasteiger partial charge in [-0.25, -0.2) is 14.6 Å². The van der Waals surface area contributed by atoms with E-state index in [2.05, 4.69) is 65.7 Å². The quantitative estimate of drug-likeness (QED) is 0.0373. The van der Waals surface area contributed by atoms with E-state index in [4.69, 9.17) is 16.0 Å². The number of aromatic hydroxyl groups is 1. The molecule has 4 rings (SSSR count). The third-order valence-electron chi connectivity index (χ3n) is 12.2. The van der Waals surface area contributed by atoms with Crippen LogP contribution in [-0.2, 0) is 33.1 Å². The molecule has 12 nitrogen and oxygen atoms in total. The Morgan fingerprint density at radius 3 is 2.30 bits per heavy atom. The highest BCUT2D eigenvalue weighted by molar-refractivity contribution is 7.99. The number of phenolic OH excluding ortho intramolecular Hbond substituents is 1. The number of urea groups is 1. The lowest BCUT2D eigenvalue weighted by atomic mass is 9.81. The van der Waals surface area contributed by atoms with Crippen LogP contribution in [0.15, 0.2) is 65.8 Å². The van der Waals surface area contributed by atoms with Crippen molar-refractivity contribution in [3.05, 3.63) is 93.8 Å². The van der Waals surface area contributed by atoms with Crippen LogP contribution in [0.4, 0.5) is 9.18 Å². The van der Waals surface area contributed by atoms with Gasteiger partial charge in [-0.15, -0.1) is 0 Å². The van der Waals surface area contributed by atoms with Gasteiger partial charge in [0.25, 0.3) is 0 Å². The summed E-state index contributed by atoms with van der Waals surface area (Å²) < 4.78 is 21.1. The molecule has 0 aliphatic heterocycles. The van der Waals surface area contributed by atoms with Gasteiger partial charge in [-0.05, 0) is 105 Å². The smallest absolute Gasteiger partial charge is 0.335 e. The Bertz CT molecular complexity index is 2070. The number of aryl methyl sites for hydroxylation is 1. The minimum absolute atomic E-state index is 0.0513. The minimum Gasteiger partial charge on any atom is -0.543 e. The van der Waals surface area contributed by atoms with E-state index >= 15 is 0 Å². The summed E-state index contributed by atoms with van der Waals surface area (Å²) in [7, 11) is -2.19. The van der Waals surface area contributed by atoms with E-state index in [1.165, 1.54) is 35.5 Å². The normalized spacial score (nSPS) is 16.7. The number of carbonyl (C=O) groups excluding carboxylic acids is 4. The zero-order chi connectivity index (χ0) is 47.2. The largest absolute Gasteiger partial charge is 0.543 e. The predicted molar refractivity (Wildman–Crippen MR) is 259 cm³/mol. The average molecular weight is 940 g/mol. The van der Waals surface area contributed by atoms with Crippen molar-refractivity contribution in [3.8, 4) is 11.5 Å². The summed E-state index contributed by atoms with van der Waals surface area (Å²) in [4.78, 5) is 53.4. The summed E-state index contributed by atoms with van der Waals surface area (Å²) in [5.41, 5.74) is 5.96. The van der Waals surface area contributed by atoms with Gasteiger partial charge in [0, 0.05) is 46.7 Å². The fourth-order valence-corrected chi connectivity index (χ4v) is 9.44. The predicted octanol–water partition coefficient (Wildman–Crippen LogP) is 9.17. The molecule has 5 amide bonds. The fraction of sp³-hybridized carbons (Fsp3) is 0.521. The summed E-state index contributed by atoms with van der Waals surface area (Å²) in [5, 5.41) is 27.2. The molecule has 350 valence electrons. The molecular weight excluding hydrogens is 871 g/mol. The molecule has 0 saturated heterocycles. The van der Waals surface area contributed by atoms with Crippen LogP contribution in [0.25, 0.3) is 0 Å². The summed E-state index contributed by atoms with van der Waals surface area (Å²) >= 11 is 7.63. The molecule has 0 radical (unpaired) electrons. The highest BCUT2D eigenvalue weighted by Crippen LogP contribution is 2.38. The van der Waals surface area contributed by atoms with E-state index in [0.717, 1.165) is 31.2 Å². The average Bonchev–Trinajstić information content (AvgIpc) is 3.23. The highest BCUT2D eigenvalue weighted by Gasteiger charge is 2.39. The van der Waals surface area contributed by atoms with Crippen molar-refractivity contribution in [2.24, 2.45) is 22.9 Å². The van der Waals surface area contributed by atoms with E-state index in [9.17, 15) is 28.7 Å². The SMILES string of the molecule is CC[C@H](NC(=O)[C@@H](NC(=O)Cc1cc(O[Si](C)(C)C(C)(C)C)ccc1O)C(C)C)/C(CSCc1c(F)cccc1Cl)=N/NC(=O)NCC1CCC(C(=O)NCc2ccc(C)cc2)CC1. The number of halogens is 2. The van der Waals surface area contributed by atoms with E-state index in [-0.39, 0.29) is 52.4 Å². The van der Waals surface area contributed by atoms with Gasteiger partial charge < -0.3 is 30.8 Å². The molecule has 0 bridgehead atoms. The molecule has 6 N–H and O–H groups in total. The molecule has 0 heterocycles. The molecule has 1 aliphatic carbocycles. The first-order valence-corrected chi connectivity index (χ1v) is 26.7. The van der Waals surface area contributed by atoms with E-state index in [0.29, 0.717) is 47.1 Å². The molecule has 0 unspecified atom stereocenters. The Balaban J connectivity index is 1.38.